The molecule has 0 N–H and O–H groups in total. The molecule has 3 aromatic rings. The number of thioether (sulfide) groups is 1. The molecule has 5 nitrogen and oxygen atoms in total. The summed E-state index contributed by atoms with van der Waals surface area (Å²) in [5.41, 5.74) is 1.73. The molecular formula is C22H17ClFN3O2S. The molecule has 1 aliphatic rings. The maximum atomic E-state index is 13.2. The summed E-state index contributed by atoms with van der Waals surface area (Å²) in [6, 6.07) is 16.9. The van der Waals surface area contributed by atoms with Gasteiger partial charge in [-0.2, -0.15) is 5.10 Å². The Bertz CT molecular complexity index is 1070. The summed E-state index contributed by atoms with van der Waals surface area (Å²) in [6.07, 6.45) is 3.64. The molecule has 2 aromatic carbocycles. The van der Waals surface area contributed by atoms with Gasteiger partial charge in [-0.15, -0.1) is 5.10 Å². The van der Waals surface area contributed by atoms with Crippen molar-refractivity contribution in [2.75, 3.05) is 0 Å². The van der Waals surface area contributed by atoms with Crippen molar-refractivity contribution in [3.63, 3.8) is 0 Å². The van der Waals surface area contributed by atoms with Gasteiger partial charge in [-0.25, -0.2) is 4.39 Å². The predicted molar refractivity (Wildman–Crippen MR) is 117 cm³/mol. The van der Waals surface area contributed by atoms with E-state index in [1.54, 1.807) is 53.8 Å². The van der Waals surface area contributed by atoms with Gasteiger partial charge in [0, 0.05) is 5.02 Å². The minimum atomic E-state index is -0.366. The summed E-state index contributed by atoms with van der Waals surface area (Å²) in [5.74, 6) is 0.268. The summed E-state index contributed by atoms with van der Waals surface area (Å²) < 4.78 is 18.6. The summed E-state index contributed by atoms with van der Waals surface area (Å²) in [5, 5.41) is 9.19. The van der Waals surface area contributed by atoms with Crippen LogP contribution in [-0.4, -0.2) is 27.4 Å². The number of amidine groups is 1. The zero-order chi connectivity index (χ0) is 20.9. The SMILES string of the molecule is O=C1[C@@H](Cc2ccc(F)cc2)S/C(=N/N=C\c2ccc(Cl)cc2)N1Cc1ccco1. The average molecular weight is 442 g/mol. The number of hydrogen-bond donors (Lipinski definition) is 0. The molecule has 0 radical (unpaired) electrons. The molecule has 0 aliphatic carbocycles. The molecule has 0 unspecified atom stereocenters. The van der Waals surface area contributed by atoms with Gasteiger partial charge in [-0.1, -0.05) is 47.6 Å². The molecule has 4 rings (SSSR count). The quantitative estimate of drug-likeness (QED) is 0.392. The van der Waals surface area contributed by atoms with Crippen LogP contribution in [-0.2, 0) is 17.8 Å². The van der Waals surface area contributed by atoms with E-state index < -0.39 is 0 Å². The Labute approximate surface area is 182 Å². The molecule has 1 aliphatic heterocycles. The molecule has 0 saturated carbocycles. The first-order valence-electron chi connectivity index (χ1n) is 9.20. The van der Waals surface area contributed by atoms with Gasteiger partial charge in [0.1, 0.15) is 11.6 Å². The first kappa shape index (κ1) is 20.4. The van der Waals surface area contributed by atoms with E-state index in [1.807, 2.05) is 12.1 Å². The summed E-state index contributed by atoms with van der Waals surface area (Å²) in [6.45, 7) is 0.272. The van der Waals surface area contributed by atoms with Crippen molar-refractivity contribution < 1.29 is 13.6 Å². The van der Waals surface area contributed by atoms with Crippen molar-refractivity contribution in [3.05, 3.63) is 94.7 Å². The molecule has 30 heavy (non-hydrogen) atoms. The van der Waals surface area contributed by atoms with Crippen molar-refractivity contribution in [1.82, 2.24) is 4.90 Å². The molecule has 0 bridgehead atoms. The van der Waals surface area contributed by atoms with Crippen LogP contribution < -0.4 is 0 Å². The van der Waals surface area contributed by atoms with Crippen molar-refractivity contribution in [1.29, 1.82) is 0 Å². The van der Waals surface area contributed by atoms with Crippen LogP contribution >= 0.6 is 23.4 Å². The molecule has 2 heterocycles. The number of furan rings is 1. The lowest BCUT2D eigenvalue weighted by Gasteiger charge is -2.14. The maximum absolute atomic E-state index is 13.2. The minimum absolute atomic E-state index is 0.0823. The van der Waals surface area contributed by atoms with E-state index in [1.165, 1.54) is 23.9 Å². The highest BCUT2D eigenvalue weighted by Gasteiger charge is 2.38. The number of carbonyl (C=O) groups excluding carboxylic acids is 1. The fourth-order valence-corrected chi connectivity index (χ4v) is 4.21. The van der Waals surface area contributed by atoms with E-state index in [2.05, 4.69) is 10.2 Å². The highest BCUT2D eigenvalue weighted by Crippen LogP contribution is 2.31. The zero-order valence-corrected chi connectivity index (χ0v) is 17.3. The lowest BCUT2D eigenvalue weighted by Crippen LogP contribution is -2.32. The fraction of sp³-hybridized carbons (Fsp3) is 0.136. The molecule has 152 valence electrons. The Morgan fingerprint density at radius 2 is 1.90 bits per heavy atom. The van der Waals surface area contributed by atoms with E-state index in [9.17, 15) is 9.18 Å². The Balaban J connectivity index is 1.54. The number of benzene rings is 2. The summed E-state index contributed by atoms with van der Waals surface area (Å²) >= 11 is 7.24. The van der Waals surface area contributed by atoms with Crippen LogP contribution in [0.5, 0.6) is 0 Å². The average Bonchev–Trinajstić information content (AvgIpc) is 3.35. The van der Waals surface area contributed by atoms with Gasteiger partial charge in [0.25, 0.3) is 0 Å². The number of nitrogens with zero attached hydrogens (tertiary/aromatic N) is 3. The van der Waals surface area contributed by atoms with E-state index in [-0.39, 0.29) is 23.5 Å². The van der Waals surface area contributed by atoms with Gasteiger partial charge in [-0.05, 0) is 53.9 Å². The van der Waals surface area contributed by atoms with Gasteiger partial charge < -0.3 is 4.42 Å². The van der Waals surface area contributed by atoms with Crippen LogP contribution in [0.4, 0.5) is 4.39 Å². The van der Waals surface area contributed by atoms with Crippen LogP contribution in [0.2, 0.25) is 5.02 Å². The third-order valence-electron chi connectivity index (χ3n) is 4.47. The Morgan fingerprint density at radius 1 is 1.13 bits per heavy atom. The van der Waals surface area contributed by atoms with E-state index in [4.69, 9.17) is 16.0 Å². The molecule has 1 fully saturated rings. The number of rotatable bonds is 6. The molecule has 0 spiro atoms. The minimum Gasteiger partial charge on any atom is -0.467 e. The number of hydrogen-bond acceptors (Lipinski definition) is 5. The fourth-order valence-electron chi connectivity index (χ4n) is 2.95. The first-order valence-corrected chi connectivity index (χ1v) is 10.5. The van der Waals surface area contributed by atoms with Gasteiger partial charge in [-0.3, -0.25) is 9.69 Å². The monoisotopic (exact) mass is 441 g/mol. The topological polar surface area (TPSA) is 58.2 Å². The van der Waals surface area contributed by atoms with Crippen molar-refractivity contribution >= 4 is 40.7 Å². The normalized spacial score (nSPS) is 18.1. The lowest BCUT2D eigenvalue weighted by molar-refractivity contribution is -0.126. The first-order chi connectivity index (χ1) is 14.6. The second-order valence-corrected chi connectivity index (χ2v) is 8.23. The van der Waals surface area contributed by atoms with Crippen LogP contribution in [0.3, 0.4) is 0 Å². The van der Waals surface area contributed by atoms with Crippen molar-refractivity contribution in [2.45, 2.75) is 18.2 Å². The third kappa shape index (κ3) is 4.98. The molecule has 8 heteroatoms. The van der Waals surface area contributed by atoms with Gasteiger partial charge in [0.2, 0.25) is 5.91 Å². The molecule has 1 aromatic heterocycles. The highest BCUT2D eigenvalue weighted by molar-refractivity contribution is 8.15. The molecule has 1 amide bonds. The van der Waals surface area contributed by atoms with E-state index in [0.29, 0.717) is 22.4 Å². The number of amides is 1. The van der Waals surface area contributed by atoms with Crippen LogP contribution in [0.25, 0.3) is 0 Å². The zero-order valence-electron chi connectivity index (χ0n) is 15.7. The van der Waals surface area contributed by atoms with Gasteiger partial charge in [0.05, 0.1) is 24.3 Å². The molecule has 1 saturated heterocycles. The van der Waals surface area contributed by atoms with Crippen LogP contribution in [0, 0.1) is 5.82 Å². The van der Waals surface area contributed by atoms with Gasteiger partial charge >= 0.3 is 0 Å². The molecular weight excluding hydrogens is 425 g/mol. The highest BCUT2D eigenvalue weighted by atomic mass is 35.5. The smallest absolute Gasteiger partial charge is 0.242 e. The second-order valence-electron chi connectivity index (χ2n) is 6.62. The van der Waals surface area contributed by atoms with Crippen molar-refractivity contribution in [3.8, 4) is 0 Å². The maximum Gasteiger partial charge on any atom is 0.242 e. The Hall–Kier alpha value is -2.90. The summed E-state index contributed by atoms with van der Waals surface area (Å²) in [4.78, 5) is 14.6. The third-order valence-corrected chi connectivity index (χ3v) is 5.89. The standard InChI is InChI=1S/C22H17ClFN3O2S/c23-17-7-3-16(4-8-17)13-25-26-22-27(14-19-2-1-11-29-19)21(28)20(30-22)12-15-5-9-18(24)10-6-15/h1-11,13,20H,12,14H2/b25-13-,26-22+/t20-/m1/s1. The number of halogens is 2. The molecule has 1 atom stereocenters. The Morgan fingerprint density at radius 3 is 2.60 bits per heavy atom. The van der Waals surface area contributed by atoms with Crippen LogP contribution in [0.15, 0.2) is 81.5 Å². The van der Waals surface area contributed by atoms with Crippen LogP contribution in [0.1, 0.15) is 16.9 Å². The van der Waals surface area contributed by atoms with E-state index >= 15 is 0 Å². The summed E-state index contributed by atoms with van der Waals surface area (Å²) in [7, 11) is 0. The van der Waals surface area contributed by atoms with Gasteiger partial charge in [0.15, 0.2) is 5.17 Å². The largest absolute Gasteiger partial charge is 0.467 e. The second kappa shape index (κ2) is 9.28. The Kier molecular flexibility index (Phi) is 6.30. The van der Waals surface area contributed by atoms with E-state index in [0.717, 1.165) is 11.1 Å². The predicted octanol–water partition coefficient (Wildman–Crippen LogP) is 5.15. The number of carbonyl (C=O) groups is 1. The lowest BCUT2D eigenvalue weighted by atomic mass is 10.1. The van der Waals surface area contributed by atoms with Crippen molar-refractivity contribution in [2.24, 2.45) is 10.2 Å².